The normalized spacial score (nSPS) is 21.8. The van der Waals surface area contributed by atoms with E-state index in [0.717, 1.165) is 37.0 Å². The third-order valence-corrected chi connectivity index (χ3v) is 4.17. The van der Waals surface area contributed by atoms with Crippen molar-refractivity contribution < 1.29 is 14.6 Å². The number of rotatable bonds is 4. The van der Waals surface area contributed by atoms with E-state index in [4.69, 9.17) is 4.74 Å². The van der Waals surface area contributed by atoms with Gasteiger partial charge in [0.2, 0.25) is 0 Å². The monoisotopic (exact) mass is 246 g/mol. The van der Waals surface area contributed by atoms with Crippen molar-refractivity contribution in [3.05, 3.63) is 29.8 Å². The Labute approximate surface area is 107 Å². The maximum absolute atomic E-state index is 11.2. The second kappa shape index (κ2) is 4.30. The second-order valence-electron chi connectivity index (χ2n) is 5.44. The molecule has 0 amide bonds. The van der Waals surface area contributed by atoms with Gasteiger partial charge >= 0.3 is 5.97 Å². The molecule has 3 nitrogen and oxygen atoms in total. The summed E-state index contributed by atoms with van der Waals surface area (Å²) in [7, 11) is 0. The molecule has 2 saturated carbocycles. The van der Waals surface area contributed by atoms with Crippen LogP contribution in [-0.2, 0) is 10.2 Å². The Morgan fingerprint density at radius 2 is 1.78 bits per heavy atom. The molecule has 3 rings (SSSR count). The molecule has 0 radical (unpaired) electrons. The van der Waals surface area contributed by atoms with Gasteiger partial charge in [-0.05, 0) is 56.2 Å². The molecule has 2 fully saturated rings. The van der Waals surface area contributed by atoms with Gasteiger partial charge < -0.3 is 9.84 Å². The molecule has 0 atom stereocenters. The predicted molar refractivity (Wildman–Crippen MR) is 67.9 cm³/mol. The highest BCUT2D eigenvalue weighted by molar-refractivity contribution is 5.84. The smallest absolute Gasteiger partial charge is 0.314 e. The van der Waals surface area contributed by atoms with Crippen LogP contribution in [0.3, 0.4) is 0 Å². The number of hydrogen-bond acceptors (Lipinski definition) is 2. The van der Waals surface area contributed by atoms with E-state index in [2.05, 4.69) is 0 Å². The Bertz CT molecular complexity index is 439. The highest BCUT2D eigenvalue weighted by Gasteiger charge is 2.51. The SMILES string of the molecule is O=C(O)C1(c2ccc(OC3CCCC3)cc2)CC1. The summed E-state index contributed by atoms with van der Waals surface area (Å²) in [6.45, 7) is 0. The lowest BCUT2D eigenvalue weighted by atomic mass is 9.96. The van der Waals surface area contributed by atoms with Crippen LogP contribution in [0.25, 0.3) is 0 Å². The molecule has 0 saturated heterocycles. The van der Waals surface area contributed by atoms with Gasteiger partial charge in [0.1, 0.15) is 5.75 Å². The fraction of sp³-hybridized carbons (Fsp3) is 0.533. The van der Waals surface area contributed by atoms with Gasteiger partial charge in [-0.2, -0.15) is 0 Å². The Hall–Kier alpha value is -1.51. The molecular weight excluding hydrogens is 228 g/mol. The number of carboxylic acid groups (broad SMARTS) is 1. The lowest BCUT2D eigenvalue weighted by Gasteiger charge is -2.15. The lowest BCUT2D eigenvalue weighted by Crippen LogP contribution is -2.19. The second-order valence-corrected chi connectivity index (χ2v) is 5.44. The molecule has 3 heteroatoms. The number of carbonyl (C=O) groups is 1. The van der Waals surface area contributed by atoms with Crippen LogP contribution in [0.4, 0.5) is 0 Å². The largest absolute Gasteiger partial charge is 0.490 e. The number of ether oxygens (including phenoxy) is 1. The Balaban J connectivity index is 1.71. The highest BCUT2D eigenvalue weighted by Crippen LogP contribution is 2.48. The van der Waals surface area contributed by atoms with Crippen LogP contribution in [0.5, 0.6) is 5.75 Å². The molecule has 0 heterocycles. The van der Waals surface area contributed by atoms with Gasteiger partial charge in [0.25, 0.3) is 0 Å². The first-order valence-corrected chi connectivity index (χ1v) is 6.71. The standard InChI is InChI=1S/C15H18O3/c16-14(17)15(9-10-15)11-5-7-13(8-6-11)18-12-3-1-2-4-12/h5-8,12H,1-4,9-10H2,(H,16,17). The van der Waals surface area contributed by atoms with Crippen molar-refractivity contribution in [1.29, 1.82) is 0 Å². The van der Waals surface area contributed by atoms with Crippen LogP contribution >= 0.6 is 0 Å². The fourth-order valence-corrected chi connectivity index (χ4v) is 2.80. The van der Waals surface area contributed by atoms with Crippen molar-refractivity contribution in [2.45, 2.75) is 50.0 Å². The summed E-state index contributed by atoms with van der Waals surface area (Å²) in [6.07, 6.45) is 6.65. The van der Waals surface area contributed by atoms with E-state index in [1.807, 2.05) is 24.3 Å². The zero-order chi connectivity index (χ0) is 12.6. The first-order chi connectivity index (χ1) is 8.71. The minimum atomic E-state index is -0.702. The van der Waals surface area contributed by atoms with Crippen LogP contribution in [-0.4, -0.2) is 17.2 Å². The molecule has 18 heavy (non-hydrogen) atoms. The molecule has 1 aromatic carbocycles. The number of carboxylic acids is 1. The molecule has 0 unspecified atom stereocenters. The first-order valence-electron chi connectivity index (χ1n) is 6.71. The van der Waals surface area contributed by atoms with Crippen LogP contribution in [0, 0.1) is 0 Å². The summed E-state index contributed by atoms with van der Waals surface area (Å²) >= 11 is 0. The average molecular weight is 246 g/mol. The zero-order valence-electron chi connectivity index (χ0n) is 10.4. The minimum absolute atomic E-state index is 0.352. The van der Waals surface area contributed by atoms with Crippen molar-refractivity contribution in [1.82, 2.24) is 0 Å². The van der Waals surface area contributed by atoms with Crippen molar-refractivity contribution in [3.63, 3.8) is 0 Å². The highest BCUT2D eigenvalue weighted by atomic mass is 16.5. The van der Waals surface area contributed by atoms with Gasteiger partial charge in [0.05, 0.1) is 11.5 Å². The van der Waals surface area contributed by atoms with Crippen molar-refractivity contribution in [2.24, 2.45) is 0 Å². The first kappa shape index (κ1) is 11.6. The maximum Gasteiger partial charge on any atom is 0.314 e. The molecule has 0 aromatic heterocycles. The van der Waals surface area contributed by atoms with Crippen molar-refractivity contribution in [2.75, 3.05) is 0 Å². The van der Waals surface area contributed by atoms with Gasteiger partial charge in [-0.1, -0.05) is 12.1 Å². The zero-order valence-corrected chi connectivity index (χ0v) is 10.4. The van der Waals surface area contributed by atoms with Gasteiger partial charge in [0.15, 0.2) is 0 Å². The molecule has 0 spiro atoms. The van der Waals surface area contributed by atoms with E-state index >= 15 is 0 Å². The molecule has 1 N–H and O–H groups in total. The summed E-state index contributed by atoms with van der Waals surface area (Å²) in [4.78, 5) is 11.2. The summed E-state index contributed by atoms with van der Waals surface area (Å²) in [5.74, 6) is 0.166. The maximum atomic E-state index is 11.2. The third-order valence-electron chi connectivity index (χ3n) is 4.17. The summed E-state index contributed by atoms with van der Waals surface area (Å²) in [5.41, 5.74) is 0.306. The van der Waals surface area contributed by atoms with Crippen LogP contribution < -0.4 is 4.74 Å². The molecule has 1 aromatic rings. The lowest BCUT2D eigenvalue weighted by molar-refractivity contribution is -0.140. The quantitative estimate of drug-likeness (QED) is 0.887. The summed E-state index contributed by atoms with van der Waals surface area (Å²) in [5, 5.41) is 9.23. The van der Waals surface area contributed by atoms with Crippen LogP contribution in [0.15, 0.2) is 24.3 Å². The number of aliphatic carboxylic acids is 1. The van der Waals surface area contributed by atoms with E-state index < -0.39 is 11.4 Å². The van der Waals surface area contributed by atoms with Crippen LogP contribution in [0.1, 0.15) is 44.1 Å². The van der Waals surface area contributed by atoms with Crippen LogP contribution in [0.2, 0.25) is 0 Å². The molecule has 2 aliphatic rings. The van der Waals surface area contributed by atoms with E-state index in [1.54, 1.807) is 0 Å². The molecule has 0 bridgehead atoms. The fourth-order valence-electron chi connectivity index (χ4n) is 2.80. The summed E-state index contributed by atoms with van der Waals surface area (Å²) in [6, 6.07) is 7.64. The van der Waals surface area contributed by atoms with Gasteiger partial charge in [-0.3, -0.25) is 4.79 Å². The van der Waals surface area contributed by atoms with Gasteiger partial charge in [-0.25, -0.2) is 0 Å². The Kier molecular flexibility index (Phi) is 2.77. The van der Waals surface area contributed by atoms with E-state index in [0.29, 0.717) is 6.10 Å². The van der Waals surface area contributed by atoms with E-state index in [-0.39, 0.29) is 0 Å². The molecule has 0 aliphatic heterocycles. The van der Waals surface area contributed by atoms with E-state index in [9.17, 15) is 9.90 Å². The van der Waals surface area contributed by atoms with Gasteiger partial charge in [-0.15, -0.1) is 0 Å². The number of hydrogen-bond donors (Lipinski definition) is 1. The Morgan fingerprint density at radius 3 is 2.28 bits per heavy atom. The Morgan fingerprint density at radius 1 is 1.17 bits per heavy atom. The van der Waals surface area contributed by atoms with E-state index in [1.165, 1.54) is 12.8 Å². The van der Waals surface area contributed by atoms with Crippen molar-refractivity contribution >= 4 is 5.97 Å². The average Bonchev–Trinajstić information content (AvgIpc) is 3.04. The predicted octanol–water partition coefficient (Wildman–Crippen LogP) is 3.12. The molecular formula is C15H18O3. The topological polar surface area (TPSA) is 46.5 Å². The molecule has 96 valence electrons. The van der Waals surface area contributed by atoms with Crippen molar-refractivity contribution in [3.8, 4) is 5.75 Å². The summed E-state index contributed by atoms with van der Waals surface area (Å²) < 4.78 is 5.88. The molecule has 2 aliphatic carbocycles. The third kappa shape index (κ3) is 1.98. The number of benzene rings is 1. The van der Waals surface area contributed by atoms with Gasteiger partial charge in [0, 0.05) is 0 Å². The minimum Gasteiger partial charge on any atom is -0.490 e.